The highest BCUT2D eigenvalue weighted by Crippen LogP contribution is 2.29. The fourth-order valence-electron chi connectivity index (χ4n) is 5.01. The van der Waals surface area contributed by atoms with Gasteiger partial charge in [0.1, 0.15) is 0 Å². The molecule has 4 rings (SSSR count). The maximum Gasteiger partial charge on any atom is 0.0406 e. The van der Waals surface area contributed by atoms with Gasteiger partial charge in [0.05, 0.1) is 0 Å². The Labute approximate surface area is 187 Å². The van der Waals surface area contributed by atoms with Gasteiger partial charge in [0.15, 0.2) is 0 Å². The second-order valence-electron chi connectivity index (χ2n) is 8.47. The van der Waals surface area contributed by atoms with E-state index in [0.717, 1.165) is 17.5 Å². The Bertz CT molecular complexity index is 703. The summed E-state index contributed by atoms with van der Waals surface area (Å²) in [6.45, 7) is 4.77. The second-order valence-corrected chi connectivity index (χ2v) is 8.91. The first-order valence-corrected chi connectivity index (χ1v) is 11.4. The lowest BCUT2D eigenvalue weighted by atomic mass is 9.96. The van der Waals surface area contributed by atoms with Crippen LogP contribution in [0.25, 0.3) is 0 Å². The molecule has 0 spiro atoms. The van der Waals surface area contributed by atoms with Crippen molar-refractivity contribution in [1.82, 2.24) is 9.80 Å². The maximum absolute atomic E-state index is 6.10. The van der Waals surface area contributed by atoms with Gasteiger partial charge in [-0.25, -0.2) is 0 Å². The molecule has 2 aromatic rings. The van der Waals surface area contributed by atoms with Crippen molar-refractivity contribution in [2.75, 3.05) is 26.2 Å². The largest absolute Gasteiger partial charge is 0.298 e. The number of piperazine rings is 1. The third-order valence-corrected chi connectivity index (χ3v) is 6.91. The van der Waals surface area contributed by atoms with Crippen LogP contribution in [0.15, 0.2) is 54.6 Å². The zero-order chi connectivity index (χ0) is 19.2. The molecular formula is C25H34Cl2N2. The van der Waals surface area contributed by atoms with E-state index in [1.165, 1.54) is 75.8 Å². The molecule has 158 valence electrons. The molecule has 1 aliphatic carbocycles. The third kappa shape index (κ3) is 6.21. The normalized spacial score (nSPS) is 20.6. The van der Waals surface area contributed by atoms with E-state index in [-0.39, 0.29) is 12.4 Å². The van der Waals surface area contributed by atoms with Crippen molar-refractivity contribution in [2.45, 2.75) is 57.0 Å². The van der Waals surface area contributed by atoms with Gasteiger partial charge >= 0.3 is 0 Å². The molecule has 0 N–H and O–H groups in total. The van der Waals surface area contributed by atoms with E-state index in [1.54, 1.807) is 0 Å². The summed E-state index contributed by atoms with van der Waals surface area (Å²) < 4.78 is 0. The van der Waals surface area contributed by atoms with Crippen LogP contribution < -0.4 is 0 Å². The van der Waals surface area contributed by atoms with E-state index in [0.29, 0.717) is 6.04 Å². The van der Waals surface area contributed by atoms with Crippen molar-refractivity contribution in [3.05, 3.63) is 70.7 Å². The van der Waals surface area contributed by atoms with Crippen LogP contribution in [0.1, 0.15) is 55.7 Å². The molecule has 0 bridgehead atoms. The number of nitrogens with zero attached hydrogens (tertiary/aromatic N) is 2. The molecule has 0 amide bonds. The summed E-state index contributed by atoms with van der Waals surface area (Å²) in [5.41, 5.74) is 2.80. The van der Waals surface area contributed by atoms with Crippen LogP contribution >= 0.6 is 24.0 Å². The van der Waals surface area contributed by atoms with E-state index in [2.05, 4.69) is 52.3 Å². The van der Waals surface area contributed by atoms with Gasteiger partial charge in [0.25, 0.3) is 0 Å². The lowest BCUT2D eigenvalue weighted by molar-refractivity contribution is 0.0633. The summed E-state index contributed by atoms with van der Waals surface area (Å²) in [5.74, 6) is 0. The van der Waals surface area contributed by atoms with Gasteiger partial charge in [-0.2, -0.15) is 0 Å². The van der Waals surface area contributed by atoms with Gasteiger partial charge in [-0.3, -0.25) is 9.80 Å². The highest BCUT2D eigenvalue weighted by molar-refractivity contribution is 6.30. The molecular weight excluding hydrogens is 399 g/mol. The zero-order valence-corrected chi connectivity index (χ0v) is 18.9. The molecule has 1 heterocycles. The van der Waals surface area contributed by atoms with E-state index < -0.39 is 0 Å². The molecule has 4 heteroatoms. The quantitative estimate of drug-likeness (QED) is 0.505. The molecule has 2 aromatic carbocycles. The molecule has 0 radical (unpaired) electrons. The fourth-order valence-corrected chi connectivity index (χ4v) is 5.14. The molecule has 1 aliphatic heterocycles. The van der Waals surface area contributed by atoms with E-state index in [1.807, 2.05) is 12.1 Å². The number of hydrogen-bond donors (Lipinski definition) is 0. The van der Waals surface area contributed by atoms with Gasteiger partial charge < -0.3 is 0 Å². The Hall–Kier alpha value is -1.06. The average molecular weight is 433 g/mol. The minimum Gasteiger partial charge on any atom is -0.298 e. The first-order chi connectivity index (χ1) is 13.8. The standard InChI is InChI=1S/C25H33ClN2.ClH/c26-23-14-12-21(13-15-23)20-25(22-8-4-3-5-9-22)28-18-16-27(17-19-28)24-10-6-1-2-7-11-24;/h3-5,8-9,12-15,24-25H,1-2,6-7,10-11,16-20H2;1H. The molecule has 1 saturated heterocycles. The third-order valence-electron chi connectivity index (χ3n) is 6.66. The molecule has 2 fully saturated rings. The summed E-state index contributed by atoms with van der Waals surface area (Å²) in [7, 11) is 0. The fraction of sp³-hybridized carbons (Fsp3) is 0.520. The van der Waals surface area contributed by atoms with Gasteiger partial charge in [-0.05, 0) is 42.5 Å². The van der Waals surface area contributed by atoms with Crippen LogP contribution in [0.4, 0.5) is 0 Å². The van der Waals surface area contributed by atoms with Crippen molar-refractivity contribution in [3.8, 4) is 0 Å². The molecule has 0 aromatic heterocycles. The monoisotopic (exact) mass is 432 g/mol. The number of rotatable bonds is 5. The predicted molar refractivity (Wildman–Crippen MR) is 126 cm³/mol. The average Bonchev–Trinajstić information content (AvgIpc) is 3.04. The van der Waals surface area contributed by atoms with E-state index in [9.17, 15) is 0 Å². The molecule has 2 nitrogen and oxygen atoms in total. The van der Waals surface area contributed by atoms with Crippen LogP contribution in [-0.2, 0) is 6.42 Å². The molecule has 1 unspecified atom stereocenters. The summed E-state index contributed by atoms with van der Waals surface area (Å²) in [6, 6.07) is 20.7. The van der Waals surface area contributed by atoms with Crippen molar-refractivity contribution in [1.29, 1.82) is 0 Å². The Morgan fingerprint density at radius 3 is 2.03 bits per heavy atom. The molecule has 29 heavy (non-hydrogen) atoms. The van der Waals surface area contributed by atoms with Gasteiger partial charge in [-0.15, -0.1) is 12.4 Å². The van der Waals surface area contributed by atoms with Crippen molar-refractivity contribution in [2.24, 2.45) is 0 Å². The molecule has 1 atom stereocenters. The Balaban J connectivity index is 0.00000240. The first kappa shape index (κ1) is 22.6. The Kier molecular flexibility index (Phi) is 8.86. The lowest BCUT2D eigenvalue weighted by Gasteiger charge is -2.42. The Morgan fingerprint density at radius 1 is 0.793 bits per heavy atom. The van der Waals surface area contributed by atoms with Crippen LogP contribution in [0.5, 0.6) is 0 Å². The summed E-state index contributed by atoms with van der Waals surface area (Å²) >= 11 is 6.10. The first-order valence-electron chi connectivity index (χ1n) is 11.1. The Morgan fingerprint density at radius 2 is 1.41 bits per heavy atom. The van der Waals surface area contributed by atoms with Gasteiger partial charge in [0.2, 0.25) is 0 Å². The number of halogens is 2. The van der Waals surface area contributed by atoms with Crippen molar-refractivity contribution >= 4 is 24.0 Å². The lowest BCUT2D eigenvalue weighted by Crippen LogP contribution is -2.51. The van der Waals surface area contributed by atoms with Crippen LogP contribution in [0, 0.1) is 0 Å². The molecule has 1 saturated carbocycles. The van der Waals surface area contributed by atoms with Crippen LogP contribution in [0.2, 0.25) is 5.02 Å². The van der Waals surface area contributed by atoms with Crippen molar-refractivity contribution < 1.29 is 0 Å². The zero-order valence-electron chi connectivity index (χ0n) is 17.3. The highest BCUT2D eigenvalue weighted by atomic mass is 35.5. The van der Waals surface area contributed by atoms with Crippen molar-refractivity contribution in [3.63, 3.8) is 0 Å². The van der Waals surface area contributed by atoms with Gasteiger partial charge in [0, 0.05) is 43.3 Å². The summed E-state index contributed by atoms with van der Waals surface area (Å²) in [6.07, 6.45) is 9.59. The minimum absolute atomic E-state index is 0. The second kappa shape index (κ2) is 11.4. The van der Waals surface area contributed by atoms with Crippen LogP contribution in [0.3, 0.4) is 0 Å². The van der Waals surface area contributed by atoms with E-state index in [4.69, 9.17) is 11.6 Å². The summed E-state index contributed by atoms with van der Waals surface area (Å²) in [4.78, 5) is 5.49. The SMILES string of the molecule is Cl.Clc1ccc(CC(c2ccccc2)N2CCN(C3CCCCCC3)CC2)cc1. The number of hydrogen-bond acceptors (Lipinski definition) is 2. The number of benzene rings is 2. The highest BCUT2D eigenvalue weighted by Gasteiger charge is 2.28. The predicted octanol–water partition coefficient (Wildman–Crippen LogP) is 6.39. The molecule has 2 aliphatic rings. The topological polar surface area (TPSA) is 6.48 Å². The summed E-state index contributed by atoms with van der Waals surface area (Å²) in [5, 5.41) is 0.817. The smallest absolute Gasteiger partial charge is 0.0406 e. The van der Waals surface area contributed by atoms with Crippen LogP contribution in [-0.4, -0.2) is 42.0 Å². The maximum atomic E-state index is 6.10. The van der Waals surface area contributed by atoms with Gasteiger partial charge in [-0.1, -0.05) is 79.7 Å². The minimum atomic E-state index is 0. The van der Waals surface area contributed by atoms with E-state index >= 15 is 0 Å².